The van der Waals surface area contributed by atoms with Crippen molar-refractivity contribution in [1.29, 1.82) is 0 Å². The van der Waals surface area contributed by atoms with Gasteiger partial charge in [0.2, 0.25) is 0 Å². The second kappa shape index (κ2) is 7.93. The fraction of sp³-hybridized carbons (Fsp3) is 0. The summed E-state index contributed by atoms with van der Waals surface area (Å²) in [6, 6.07) is 39.2. The third-order valence-electron chi connectivity index (χ3n) is 8.31. The van der Waals surface area contributed by atoms with E-state index in [0.29, 0.717) is 11.4 Å². The van der Waals surface area contributed by atoms with Gasteiger partial charge < -0.3 is 24.9 Å². The van der Waals surface area contributed by atoms with E-state index in [1.165, 1.54) is 0 Å². The van der Waals surface area contributed by atoms with Crippen molar-refractivity contribution in [1.82, 2.24) is 4.57 Å². The normalized spacial score (nSPS) is 12.1. The van der Waals surface area contributed by atoms with Gasteiger partial charge in [-0.1, -0.05) is 60.7 Å². The smallest absolute Gasteiger partial charge is 0.158 e. The minimum absolute atomic E-state index is 0.635. The van der Waals surface area contributed by atoms with Crippen LogP contribution >= 0.6 is 0 Å². The zero-order chi connectivity index (χ0) is 27.2. The molecule has 0 amide bonds. The molecule has 5 heteroatoms. The van der Waals surface area contributed by atoms with E-state index in [-0.39, 0.29) is 0 Å². The molecule has 0 atom stereocenters. The van der Waals surface area contributed by atoms with Gasteiger partial charge in [0.15, 0.2) is 5.58 Å². The molecule has 0 aliphatic heterocycles. The first kappa shape index (κ1) is 22.2. The molecule has 3 heterocycles. The highest BCUT2D eigenvalue weighted by Gasteiger charge is 2.22. The summed E-state index contributed by atoms with van der Waals surface area (Å²) in [7, 11) is 0. The number of anilines is 2. The lowest BCUT2D eigenvalue weighted by Crippen LogP contribution is -2.00. The molecule has 0 spiro atoms. The highest BCUT2D eigenvalue weighted by molar-refractivity contribution is 6.24. The largest absolute Gasteiger partial charge is 0.456 e. The van der Waals surface area contributed by atoms with Crippen LogP contribution in [0, 0.1) is 0 Å². The predicted octanol–water partition coefficient (Wildman–Crippen LogP) is 9.41. The van der Waals surface area contributed by atoms with Gasteiger partial charge in [0, 0.05) is 38.2 Å². The Labute approximate surface area is 233 Å². The zero-order valence-corrected chi connectivity index (χ0v) is 21.9. The number of rotatable bonds is 2. The molecule has 6 aromatic carbocycles. The Morgan fingerprint density at radius 3 is 2.15 bits per heavy atom. The number of nitrogens with two attached hydrogens (primary N) is 2. The van der Waals surface area contributed by atoms with E-state index in [1.807, 2.05) is 48.5 Å². The Bertz CT molecular complexity index is 2510. The second-order valence-corrected chi connectivity index (χ2v) is 10.6. The van der Waals surface area contributed by atoms with Crippen LogP contribution in [0.2, 0.25) is 0 Å². The summed E-state index contributed by atoms with van der Waals surface area (Å²) in [5.41, 5.74) is 22.8. The number of furan rings is 2. The van der Waals surface area contributed by atoms with E-state index in [2.05, 4.69) is 71.3 Å². The molecule has 9 aromatic rings. The van der Waals surface area contributed by atoms with Crippen molar-refractivity contribution in [2.45, 2.75) is 0 Å². The first-order chi connectivity index (χ1) is 20.2. The van der Waals surface area contributed by atoms with E-state index in [0.717, 1.165) is 82.5 Å². The van der Waals surface area contributed by atoms with Crippen LogP contribution in [0.4, 0.5) is 11.4 Å². The maximum Gasteiger partial charge on any atom is 0.158 e. The molecule has 5 nitrogen and oxygen atoms in total. The average molecular weight is 530 g/mol. The standard InChI is InChI=1S/C36H23N3O2/c37-26-10-6-13-29(33(26)20-15-18-32-25(19-20)21-7-2-4-14-31(21)40-32)39-28-12-3-1-8-24(28)34-30(39)17-16-23-22-9-5-11-27(38)35(22)41-36(23)34/h1-19H,37-38H2. The first-order valence-corrected chi connectivity index (χ1v) is 13.6. The van der Waals surface area contributed by atoms with Crippen molar-refractivity contribution in [2.75, 3.05) is 11.5 Å². The predicted molar refractivity (Wildman–Crippen MR) is 170 cm³/mol. The lowest BCUT2D eigenvalue weighted by molar-refractivity contribution is 0.669. The molecule has 0 aliphatic carbocycles. The average Bonchev–Trinajstić information content (AvgIpc) is 3.67. The second-order valence-electron chi connectivity index (χ2n) is 10.6. The Morgan fingerprint density at radius 2 is 1.22 bits per heavy atom. The lowest BCUT2D eigenvalue weighted by atomic mass is 9.99. The quantitative estimate of drug-likeness (QED) is 0.219. The first-order valence-electron chi connectivity index (χ1n) is 13.6. The third-order valence-corrected chi connectivity index (χ3v) is 8.31. The number of fused-ring (bicyclic) bond motifs is 10. The summed E-state index contributed by atoms with van der Waals surface area (Å²) in [6.45, 7) is 0. The third kappa shape index (κ3) is 2.95. The van der Waals surface area contributed by atoms with Crippen molar-refractivity contribution in [2.24, 2.45) is 0 Å². The molecule has 0 saturated heterocycles. The Balaban J connectivity index is 1.39. The molecule has 0 saturated carbocycles. The highest BCUT2D eigenvalue weighted by atomic mass is 16.3. The maximum atomic E-state index is 6.77. The van der Waals surface area contributed by atoms with Gasteiger partial charge in [0.05, 0.1) is 27.8 Å². The molecule has 0 radical (unpaired) electrons. The van der Waals surface area contributed by atoms with Crippen molar-refractivity contribution >= 4 is 77.1 Å². The molecule has 194 valence electrons. The minimum atomic E-state index is 0.635. The fourth-order valence-corrected chi connectivity index (χ4v) is 6.53. The number of nitrogen functional groups attached to an aromatic ring is 2. The van der Waals surface area contributed by atoms with E-state index < -0.39 is 0 Å². The Morgan fingerprint density at radius 1 is 0.488 bits per heavy atom. The molecular weight excluding hydrogens is 506 g/mol. The number of hydrogen-bond acceptors (Lipinski definition) is 4. The molecule has 3 aromatic heterocycles. The van der Waals surface area contributed by atoms with Crippen molar-refractivity contribution in [3.05, 3.63) is 115 Å². The van der Waals surface area contributed by atoms with E-state index in [9.17, 15) is 0 Å². The van der Waals surface area contributed by atoms with Gasteiger partial charge >= 0.3 is 0 Å². The SMILES string of the molecule is Nc1cccc(-n2c3ccccc3c3c4oc5c(N)cccc5c4ccc32)c1-c1ccc2oc3ccccc3c2c1. The Hall–Kier alpha value is -5.68. The van der Waals surface area contributed by atoms with Crippen molar-refractivity contribution < 1.29 is 8.83 Å². The molecule has 0 fully saturated rings. The number of nitrogens with zero attached hydrogens (tertiary/aromatic N) is 1. The number of para-hydroxylation sites is 3. The van der Waals surface area contributed by atoms with E-state index >= 15 is 0 Å². The summed E-state index contributed by atoms with van der Waals surface area (Å²) in [4.78, 5) is 0. The van der Waals surface area contributed by atoms with Gasteiger partial charge in [-0.25, -0.2) is 0 Å². The molecule has 4 N–H and O–H groups in total. The molecule has 0 unspecified atom stereocenters. The van der Waals surface area contributed by atoms with Crippen molar-refractivity contribution in [3.63, 3.8) is 0 Å². The highest BCUT2D eigenvalue weighted by Crippen LogP contribution is 2.44. The van der Waals surface area contributed by atoms with Gasteiger partial charge in [-0.05, 0) is 60.2 Å². The topological polar surface area (TPSA) is 83.2 Å². The summed E-state index contributed by atoms with van der Waals surface area (Å²) >= 11 is 0. The summed E-state index contributed by atoms with van der Waals surface area (Å²) < 4.78 is 14.9. The van der Waals surface area contributed by atoms with Crippen LogP contribution in [0.1, 0.15) is 0 Å². The van der Waals surface area contributed by atoms with Gasteiger partial charge in [-0.2, -0.15) is 0 Å². The lowest BCUT2D eigenvalue weighted by Gasteiger charge is -2.16. The van der Waals surface area contributed by atoms with Gasteiger partial charge in [0.25, 0.3) is 0 Å². The van der Waals surface area contributed by atoms with Gasteiger partial charge in [-0.3, -0.25) is 0 Å². The summed E-state index contributed by atoms with van der Waals surface area (Å²) in [6.07, 6.45) is 0. The Kier molecular flexibility index (Phi) is 4.29. The minimum Gasteiger partial charge on any atom is -0.456 e. The van der Waals surface area contributed by atoms with Crippen LogP contribution in [0.25, 0.3) is 82.5 Å². The number of benzene rings is 6. The van der Waals surface area contributed by atoms with Crippen LogP contribution < -0.4 is 11.5 Å². The van der Waals surface area contributed by atoms with Crippen molar-refractivity contribution in [3.8, 4) is 16.8 Å². The molecule has 41 heavy (non-hydrogen) atoms. The number of hydrogen-bond donors (Lipinski definition) is 2. The molecule has 0 aliphatic rings. The van der Waals surface area contributed by atoms with Crippen LogP contribution in [0.5, 0.6) is 0 Å². The summed E-state index contributed by atoms with van der Waals surface area (Å²) in [5, 5.41) is 6.38. The molecule has 0 bridgehead atoms. The van der Waals surface area contributed by atoms with Crippen LogP contribution in [0.15, 0.2) is 124 Å². The zero-order valence-electron chi connectivity index (χ0n) is 21.9. The van der Waals surface area contributed by atoms with Crippen LogP contribution in [-0.2, 0) is 0 Å². The summed E-state index contributed by atoms with van der Waals surface area (Å²) in [5.74, 6) is 0. The van der Waals surface area contributed by atoms with Crippen LogP contribution in [0.3, 0.4) is 0 Å². The molecular formula is C36H23N3O2. The maximum absolute atomic E-state index is 6.77. The van der Waals surface area contributed by atoms with Gasteiger partial charge in [-0.15, -0.1) is 0 Å². The van der Waals surface area contributed by atoms with E-state index in [4.69, 9.17) is 20.3 Å². The van der Waals surface area contributed by atoms with Gasteiger partial charge in [0.1, 0.15) is 16.7 Å². The number of aromatic nitrogens is 1. The monoisotopic (exact) mass is 529 g/mol. The van der Waals surface area contributed by atoms with Crippen LogP contribution in [-0.4, -0.2) is 4.57 Å². The fourth-order valence-electron chi connectivity index (χ4n) is 6.53. The molecule has 9 rings (SSSR count). The van der Waals surface area contributed by atoms with E-state index in [1.54, 1.807) is 0 Å².